The van der Waals surface area contributed by atoms with E-state index in [0.29, 0.717) is 17.7 Å². The molecule has 2 heterocycles. The zero-order chi connectivity index (χ0) is 18.6. The van der Waals surface area contributed by atoms with Crippen molar-refractivity contribution < 1.29 is 14.3 Å². The molecule has 1 unspecified atom stereocenters. The monoisotopic (exact) mass is 364 g/mol. The van der Waals surface area contributed by atoms with Gasteiger partial charge in [-0.25, -0.2) is 0 Å². The van der Waals surface area contributed by atoms with Crippen LogP contribution in [0.1, 0.15) is 71.6 Å². The van der Waals surface area contributed by atoms with Gasteiger partial charge in [-0.3, -0.25) is 9.59 Å². The van der Waals surface area contributed by atoms with Gasteiger partial charge in [-0.2, -0.15) is 0 Å². The minimum Gasteiger partial charge on any atom is -0.375 e. The second-order valence-corrected chi connectivity index (χ2v) is 8.58. The Morgan fingerprint density at radius 2 is 1.85 bits per heavy atom. The van der Waals surface area contributed by atoms with Crippen molar-refractivity contribution in [3.8, 4) is 0 Å². The Hall–Kier alpha value is -1.10. The summed E-state index contributed by atoms with van der Waals surface area (Å²) < 4.78 is 6.23. The normalized spacial score (nSPS) is 25.5. The summed E-state index contributed by atoms with van der Waals surface area (Å²) in [6.07, 6.45) is 9.16. The molecule has 1 aliphatic carbocycles. The fourth-order valence-corrected chi connectivity index (χ4v) is 4.64. The van der Waals surface area contributed by atoms with Crippen LogP contribution in [0.5, 0.6) is 0 Å². The molecule has 0 aromatic carbocycles. The molecule has 1 N–H and O–H groups in total. The Balaban J connectivity index is 1.43. The number of nitrogens with zero attached hydrogens (tertiary/aromatic N) is 1. The molecular weight excluding hydrogens is 328 g/mol. The van der Waals surface area contributed by atoms with Crippen LogP contribution in [0, 0.1) is 17.8 Å². The molecule has 5 heteroatoms. The molecule has 0 aromatic heterocycles. The first-order chi connectivity index (χ1) is 12.6. The Kier molecular flexibility index (Phi) is 6.60. The quantitative estimate of drug-likeness (QED) is 0.755. The molecule has 2 saturated heterocycles. The number of likely N-dealkylation sites (tertiary alicyclic amines) is 1. The highest BCUT2D eigenvalue weighted by Crippen LogP contribution is 2.39. The second kappa shape index (κ2) is 8.73. The fraction of sp³-hybridized carbons (Fsp3) is 0.905. The molecule has 3 rings (SSSR count). The number of carbonyl (C=O) groups excluding carboxylic acids is 2. The van der Waals surface area contributed by atoms with Crippen LogP contribution in [-0.4, -0.2) is 48.6 Å². The zero-order valence-electron chi connectivity index (χ0n) is 16.6. The third-order valence-corrected chi connectivity index (χ3v) is 6.72. The number of hydrogen-bond acceptors (Lipinski definition) is 3. The number of rotatable bonds is 7. The summed E-state index contributed by atoms with van der Waals surface area (Å²) in [5.41, 5.74) is -0.0336. The van der Waals surface area contributed by atoms with Gasteiger partial charge in [0.05, 0.1) is 5.60 Å². The maximum absolute atomic E-state index is 12.6. The number of nitrogens with one attached hydrogen (secondary N) is 1. The van der Waals surface area contributed by atoms with Crippen LogP contribution in [0.4, 0.5) is 0 Å². The van der Waals surface area contributed by atoms with Crippen molar-refractivity contribution in [3.63, 3.8) is 0 Å². The van der Waals surface area contributed by atoms with Gasteiger partial charge < -0.3 is 15.0 Å². The molecule has 3 aliphatic rings. The highest BCUT2D eigenvalue weighted by atomic mass is 16.5. The largest absolute Gasteiger partial charge is 0.375 e. The van der Waals surface area contributed by atoms with Crippen molar-refractivity contribution in [2.45, 2.75) is 77.2 Å². The first-order valence-corrected chi connectivity index (χ1v) is 10.8. The Bertz CT molecular complexity index is 491. The van der Waals surface area contributed by atoms with Crippen molar-refractivity contribution in [1.29, 1.82) is 0 Å². The number of ether oxygens (including phenoxy) is 1. The van der Waals surface area contributed by atoms with Gasteiger partial charge in [-0.05, 0) is 63.7 Å². The van der Waals surface area contributed by atoms with Crippen LogP contribution >= 0.6 is 0 Å². The average Bonchev–Trinajstić information content (AvgIpc) is 3.49. The van der Waals surface area contributed by atoms with Gasteiger partial charge >= 0.3 is 0 Å². The molecule has 0 aromatic rings. The smallest absolute Gasteiger partial charge is 0.225 e. The van der Waals surface area contributed by atoms with Crippen molar-refractivity contribution in [1.82, 2.24) is 10.2 Å². The lowest BCUT2D eigenvalue weighted by Gasteiger charge is -2.46. The SMILES string of the molecule is CCC(CC)C(=O)N1CCC2(CC1)CC(CCNC(=O)C1CC1)CCO2. The van der Waals surface area contributed by atoms with Crippen molar-refractivity contribution >= 4 is 11.8 Å². The second-order valence-electron chi connectivity index (χ2n) is 8.58. The first kappa shape index (κ1) is 19.7. The van der Waals surface area contributed by atoms with Gasteiger partial charge in [0.15, 0.2) is 0 Å². The van der Waals surface area contributed by atoms with Gasteiger partial charge in [0, 0.05) is 38.1 Å². The minimum atomic E-state index is -0.0336. The van der Waals surface area contributed by atoms with E-state index in [9.17, 15) is 9.59 Å². The molecule has 0 radical (unpaired) electrons. The minimum absolute atomic E-state index is 0.0336. The van der Waals surface area contributed by atoms with E-state index in [1.165, 1.54) is 0 Å². The summed E-state index contributed by atoms with van der Waals surface area (Å²) >= 11 is 0. The van der Waals surface area contributed by atoms with E-state index in [4.69, 9.17) is 4.74 Å². The van der Waals surface area contributed by atoms with Crippen LogP contribution in [0.25, 0.3) is 0 Å². The molecule has 1 spiro atoms. The number of piperidine rings is 1. The highest BCUT2D eigenvalue weighted by molar-refractivity contribution is 5.80. The molecule has 1 atom stereocenters. The van der Waals surface area contributed by atoms with E-state index in [-0.39, 0.29) is 17.4 Å². The van der Waals surface area contributed by atoms with Gasteiger partial charge in [-0.15, -0.1) is 0 Å². The van der Waals surface area contributed by atoms with E-state index in [1.807, 2.05) is 0 Å². The molecule has 1 saturated carbocycles. The molecule has 26 heavy (non-hydrogen) atoms. The average molecular weight is 365 g/mol. The number of amides is 2. The van der Waals surface area contributed by atoms with Gasteiger partial charge in [0.25, 0.3) is 0 Å². The number of hydrogen-bond donors (Lipinski definition) is 1. The van der Waals surface area contributed by atoms with Gasteiger partial charge in [0.2, 0.25) is 11.8 Å². The third-order valence-electron chi connectivity index (χ3n) is 6.72. The summed E-state index contributed by atoms with van der Waals surface area (Å²) in [6, 6.07) is 0. The molecule has 0 bridgehead atoms. The van der Waals surface area contributed by atoms with Gasteiger partial charge in [0.1, 0.15) is 0 Å². The van der Waals surface area contributed by atoms with Crippen molar-refractivity contribution in [3.05, 3.63) is 0 Å². The molecule has 2 aliphatic heterocycles. The lowest BCUT2D eigenvalue weighted by atomic mass is 9.78. The summed E-state index contributed by atoms with van der Waals surface area (Å²) in [5.74, 6) is 1.69. The molecule has 148 valence electrons. The Labute approximate surface area is 158 Å². The van der Waals surface area contributed by atoms with Crippen LogP contribution in [0.3, 0.4) is 0 Å². The maximum Gasteiger partial charge on any atom is 0.225 e. The van der Waals surface area contributed by atoms with Gasteiger partial charge in [-0.1, -0.05) is 13.8 Å². The van der Waals surface area contributed by atoms with E-state index < -0.39 is 0 Å². The molecule has 5 nitrogen and oxygen atoms in total. The third kappa shape index (κ3) is 4.79. The van der Waals surface area contributed by atoms with E-state index >= 15 is 0 Å². The van der Waals surface area contributed by atoms with E-state index in [2.05, 4.69) is 24.1 Å². The highest BCUT2D eigenvalue weighted by Gasteiger charge is 2.41. The summed E-state index contributed by atoms with van der Waals surface area (Å²) in [5, 5.41) is 3.10. The predicted octanol–water partition coefficient (Wildman–Crippen LogP) is 3.13. The van der Waals surface area contributed by atoms with E-state index in [0.717, 1.165) is 84.0 Å². The van der Waals surface area contributed by atoms with E-state index in [1.54, 1.807) is 0 Å². The molecular formula is C21H36N2O3. The topological polar surface area (TPSA) is 58.6 Å². The van der Waals surface area contributed by atoms with Crippen LogP contribution < -0.4 is 5.32 Å². The maximum atomic E-state index is 12.6. The van der Waals surface area contributed by atoms with Crippen molar-refractivity contribution in [2.24, 2.45) is 17.8 Å². The summed E-state index contributed by atoms with van der Waals surface area (Å²) in [7, 11) is 0. The Morgan fingerprint density at radius 3 is 2.46 bits per heavy atom. The molecule has 2 amide bonds. The summed E-state index contributed by atoms with van der Waals surface area (Å²) in [4.78, 5) is 26.4. The summed E-state index contributed by atoms with van der Waals surface area (Å²) in [6.45, 7) is 7.50. The lowest BCUT2D eigenvalue weighted by Crippen LogP contribution is -2.52. The standard InChI is InChI=1S/C21H36N2O3/c1-3-17(4-2)20(25)23-12-9-21(10-13-23)15-16(8-14-26-21)7-11-22-19(24)18-5-6-18/h16-18H,3-15H2,1-2H3,(H,22,24). The van der Waals surface area contributed by atoms with Crippen LogP contribution in [0.2, 0.25) is 0 Å². The lowest BCUT2D eigenvalue weighted by molar-refractivity contribution is -0.150. The molecule has 3 fully saturated rings. The Morgan fingerprint density at radius 1 is 1.15 bits per heavy atom. The van der Waals surface area contributed by atoms with Crippen LogP contribution in [0.15, 0.2) is 0 Å². The first-order valence-electron chi connectivity index (χ1n) is 10.8. The zero-order valence-corrected chi connectivity index (χ0v) is 16.6. The predicted molar refractivity (Wildman–Crippen MR) is 102 cm³/mol. The fourth-order valence-electron chi connectivity index (χ4n) is 4.64. The van der Waals surface area contributed by atoms with Crippen molar-refractivity contribution in [2.75, 3.05) is 26.2 Å². The van der Waals surface area contributed by atoms with Crippen LogP contribution in [-0.2, 0) is 14.3 Å². The number of carbonyl (C=O) groups is 2.